The number of rotatable bonds is 9. The fourth-order valence-corrected chi connectivity index (χ4v) is 1.38. The average molecular weight is 225 g/mol. The van der Waals surface area contributed by atoms with Crippen LogP contribution in [0.4, 0.5) is 0 Å². The summed E-state index contributed by atoms with van der Waals surface area (Å²) in [6.45, 7) is 2.22. The first kappa shape index (κ1) is 14.2. The Kier molecular flexibility index (Phi) is 9.83. The fraction of sp³-hybridized carbons (Fsp3) is 1.00. The number of halogens is 1. The van der Waals surface area contributed by atoms with E-state index >= 15 is 0 Å². The monoisotopic (exact) mass is 224 g/mol. The van der Waals surface area contributed by atoms with Crippen molar-refractivity contribution in [1.29, 1.82) is 0 Å². The van der Waals surface area contributed by atoms with Crippen LogP contribution in [0.3, 0.4) is 0 Å². The molecule has 2 atom stereocenters. The lowest BCUT2D eigenvalue weighted by atomic mass is 10.2. The summed E-state index contributed by atoms with van der Waals surface area (Å²) in [5.74, 6) is 0.395. The van der Waals surface area contributed by atoms with E-state index in [9.17, 15) is 0 Å². The molecule has 0 saturated heterocycles. The third-order valence-electron chi connectivity index (χ3n) is 2.02. The zero-order chi connectivity index (χ0) is 10.8. The van der Waals surface area contributed by atoms with Crippen LogP contribution in [-0.4, -0.2) is 37.1 Å². The van der Waals surface area contributed by atoms with Crippen molar-refractivity contribution in [2.45, 2.75) is 45.0 Å². The molecule has 0 aromatic rings. The molecule has 4 heteroatoms. The highest BCUT2D eigenvalue weighted by Crippen LogP contribution is 2.11. The summed E-state index contributed by atoms with van der Waals surface area (Å²) < 4.78 is 10.7. The fourth-order valence-electron chi connectivity index (χ4n) is 1.15. The Morgan fingerprint density at radius 3 is 2.50 bits per heavy atom. The highest BCUT2D eigenvalue weighted by atomic mass is 35.5. The van der Waals surface area contributed by atoms with E-state index in [-0.39, 0.29) is 19.0 Å². The second-order valence-electron chi connectivity index (χ2n) is 3.23. The van der Waals surface area contributed by atoms with Gasteiger partial charge in [-0.3, -0.25) is 0 Å². The summed E-state index contributed by atoms with van der Waals surface area (Å²) in [6, 6.07) is 0. The first-order valence-electron chi connectivity index (χ1n) is 5.13. The molecule has 86 valence electrons. The summed E-state index contributed by atoms with van der Waals surface area (Å²) in [7, 11) is 1.63. The summed E-state index contributed by atoms with van der Waals surface area (Å²) in [5.41, 5.74) is 0. The van der Waals surface area contributed by atoms with Gasteiger partial charge in [-0.1, -0.05) is 13.3 Å². The predicted octanol–water partition coefficient (Wildman–Crippen LogP) is 2.16. The van der Waals surface area contributed by atoms with Crippen molar-refractivity contribution in [3.05, 3.63) is 0 Å². The van der Waals surface area contributed by atoms with E-state index in [0.29, 0.717) is 12.3 Å². The molecule has 0 aliphatic heterocycles. The van der Waals surface area contributed by atoms with Crippen molar-refractivity contribution < 1.29 is 14.6 Å². The van der Waals surface area contributed by atoms with Crippen LogP contribution >= 0.6 is 11.6 Å². The molecule has 0 aliphatic rings. The van der Waals surface area contributed by atoms with E-state index in [1.807, 2.05) is 0 Å². The lowest BCUT2D eigenvalue weighted by molar-refractivity contribution is -0.156. The van der Waals surface area contributed by atoms with Crippen molar-refractivity contribution in [2.24, 2.45) is 0 Å². The topological polar surface area (TPSA) is 38.7 Å². The molecule has 0 spiro atoms. The Hall–Kier alpha value is 0.170. The van der Waals surface area contributed by atoms with Gasteiger partial charge in [-0.05, 0) is 19.3 Å². The molecule has 0 saturated carbocycles. The molecule has 1 N–H and O–H groups in total. The van der Waals surface area contributed by atoms with E-state index in [1.165, 1.54) is 0 Å². The number of methoxy groups -OCH3 is 1. The maximum absolute atomic E-state index is 8.75. The van der Waals surface area contributed by atoms with Gasteiger partial charge in [-0.15, -0.1) is 11.6 Å². The number of ether oxygens (including phenoxy) is 2. The second-order valence-corrected chi connectivity index (χ2v) is 3.54. The van der Waals surface area contributed by atoms with Crippen LogP contribution in [0, 0.1) is 0 Å². The van der Waals surface area contributed by atoms with Crippen LogP contribution in [0.15, 0.2) is 0 Å². The highest BCUT2D eigenvalue weighted by Gasteiger charge is 2.14. The Balaban J connectivity index is 3.75. The van der Waals surface area contributed by atoms with E-state index in [1.54, 1.807) is 7.11 Å². The molecule has 1 unspecified atom stereocenters. The first-order chi connectivity index (χ1) is 6.78. The van der Waals surface area contributed by atoms with E-state index in [4.69, 9.17) is 26.2 Å². The van der Waals surface area contributed by atoms with Gasteiger partial charge in [0.05, 0.1) is 6.10 Å². The zero-order valence-corrected chi connectivity index (χ0v) is 9.79. The minimum Gasteiger partial charge on any atom is -0.396 e. The molecule has 0 rings (SSSR count). The molecule has 14 heavy (non-hydrogen) atoms. The second kappa shape index (κ2) is 9.71. The normalized spacial score (nSPS) is 15.4. The van der Waals surface area contributed by atoms with Gasteiger partial charge in [0.25, 0.3) is 0 Å². The highest BCUT2D eigenvalue weighted by molar-refractivity contribution is 6.18. The van der Waals surface area contributed by atoms with E-state index < -0.39 is 0 Å². The van der Waals surface area contributed by atoms with Crippen molar-refractivity contribution in [2.75, 3.05) is 19.6 Å². The van der Waals surface area contributed by atoms with Gasteiger partial charge in [0.15, 0.2) is 6.29 Å². The number of unbranched alkanes of at least 4 members (excludes halogenated alkanes) is 1. The lowest BCUT2D eigenvalue weighted by Crippen LogP contribution is -2.26. The largest absolute Gasteiger partial charge is 0.396 e. The van der Waals surface area contributed by atoms with Gasteiger partial charge in [0.2, 0.25) is 0 Å². The van der Waals surface area contributed by atoms with Gasteiger partial charge < -0.3 is 14.6 Å². The summed E-state index contributed by atoms with van der Waals surface area (Å²) in [4.78, 5) is 0. The summed E-state index contributed by atoms with van der Waals surface area (Å²) in [5, 5.41) is 8.75. The molecule has 0 amide bonds. The molecule has 0 fully saturated rings. The molecule has 3 nitrogen and oxygen atoms in total. The Bertz CT molecular complexity index is 122. The van der Waals surface area contributed by atoms with Gasteiger partial charge >= 0.3 is 0 Å². The lowest BCUT2D eigenvalue weighted by Gasteiger charge is -2.21. The number of aliphatic hydroxyl groups excluding tert-OH is 1. The maximum Gasteiger partial charge on any atom is 0.157 e. The van der Waals surface area contributed by atoms with Gasteiger partial charge in [-0.25, -0.2) is 0 Å². The zero-order valence-electron chi connectivity index (χ0n) is 9.04. The number of aliphatic hydroxyl groups is 1. The molecule has 0 radical (unpaired) electrons. The molecule has 0 aliphatic carbocycles. The molecule has 0 heterocycles. The minimum absolute atomic E-state index is 0.0988. The molecule has 0 aromatic carbocycles. The Morgan fingerprint density at radius 1 is 1.36 bits per heavy atom. The van der Waals surface area contributed by atoms with Crippen LogP contribution in [0.5, 0.6) is 0 Å². The number of hydrogen-bond donors (Lipinski definition) is 1. The van der Waals surface area contributed by atoms with Crippen molar-refractivity contribution in [3.63, 3.8) is 0 Å². The van der Waals surface area contributed by atoms with Gasteiger partial charge in [0.1, 0.15) is 0 Å². The van der Waals surface area contributed by atoms with Gasteiger partial charge in [-0.2, -0.15) is 0 Å². The standard InChI is InChI=1S/C10H21ClO3/c1-3-4-5-10(13-2)14-9(8-11)6-7-12/h9-10,12H,3-8H2,1-2H3/t9-,10?/m0/s1. The average Bonchev–Trinajstić information content (AvgIpc) is 2.22. The van der Waals surface area contributed by atoms with Crippen LogP contribution in [-0.2, 0) is 9.47 Å². The van der Waals surface area contributed by atoms with Crippen LogP contribution in [0.2, 0.25) is 0 Å². The summed E-state index contributed by atoms with van der Waals surface area (Å²) >= 11 is 5.69. The van der Waals surface area contributed by atoms with Crippen molar-refractivity contribution >= 4 is 11.6 Å². The van der Waals surface area contributed by atoms with Crippen LogP contribution in [0.25, 0.3) is 0 Å². The minimum atomic E-state index is -0.190. The quantitative estimate of drug-likeness (QED) is 0.482. The summed E-state index contributed by atoms with van der Waals surface area (Å²) in [6.07, 6.45) is 3.34. The van der Waals surface area contributed by atoms with Crippen LogP contribution < -0.4 is 0 Å². The molecular weight excluding hydrogens is 204 g/mol. The van der Waals surface area contributed by atoms with Crippen molar-refractivity contribution in [3.8, 4) is 0 Å². The molecular formula is C10H21ClO3. The number of hydrogen-bond acceptors (Lipinski definition) is 3. The molecule has 0 aromatic heterocycles. The Labute approximate surface area is 91.3 Å². The van der Waals surface area contributed by atoms with E-state index in [2.05, 4.69) is 6.92 Å². The van der Waals surface area contributed by atoms with Gasteiger partial charge in [0, 0.05) is 19.6 Å². The number of alkyl halides is 1. The third kappa shape index (κ3) is 6.60. The SMILES string of the molecule is CCCCC(OC)O[C@H](CCl)CCO. The third-order valence-corrected chi connectivity index (χ3v) is 2.37. The first-order valence-corrected chi connectivity index (χ1v) is 5.67. The maximum atomic E-state index is 8.75. The van der Waals surface area contributed by atoms with E-state index in [0.717, 1.165) is 19.3 Å². The predicted molar refractivity (Wildman–Crippen MR) is 57.6 cm³/mol. The van der Waals surface area contributed by atoms with Crippen LogP contribution in [0.1, 0.15) is 32.6 Å². The smallest absolute Gasteiger partial charge is 0.157 e. The molecule has 0 bridgehead atoms. The van der Waals surface area contributed by atoms with Crippen molar-refractivity contribution in [1.82, 2.24) is 0 Å². The Morgan fingerprint density at radius 2 is 2.07 bits per heavy atom.